The maximum atomic E-state index is 12.3. The molecule has 3 nitrogen and oxygen atoms in total. The molecule has 0 saturated carbocycles. The van der Waals surface area contributed by atoms with E-state index in [0.717, 1.165) is 4.88 Å². The minimum Gasteiger partial charge on any atom is -0.434 e. The summed E-state index contributed by atoms with van der Waals surface area (Å²) < 4.78 is 28.9. The van der Waals surface area contributed by atoms with Crippen molar-refractivity contribution in [3.05, 3.63) is 58.3 Å². The molecule has 0 saturated heterocycles. The molecule has 110 valence electrons. The van der Waals surface area contributed by atoms with Gasteiger partial charge in [-0.05, 0) is 23.6 Å². The highest BCUT2D eigenvalue weighted by Gasteiger charge is 2.07. The molecule has 2 aromatic rings. The lowest BCUT2D eigenvalue weighted by Gasteiger charge is -2.07. The molecule has 6 heteroatoms. The van der Waals surface area contributed by atoms with Crippen molar-refractivity contribution in [1.29, 1.82) is 0 Å². The van der Waals surface area contributed by atoms with Crippen molar-refractivity contribution >= 4 is 23.3 Å². The van der Waals surface area contributed by atoms with Crippen LogP contribution in [-0.2, 0) is 11.3 Å². The van der Waals surface area contributed by atoms with E-state index in [0.29, 0.717) is 12.1 Å². The first-order valence-corrected chi connectivity index (χ1v) is 7.05. The zero-order chi connectivity index (χ0) is 15.1. The topological polar surface area (TPSA) is 38.3 Å². The van der Waals surface area contributed by atoms with E-state index in [4.69, 9.17) is 0 Å². The zero-order valence-corrected chi connectivity index (χ0v) is 11.8. The van der Waals surface area contributed by atoms with E-state index in [9.17, 15) is 13.6 Å². The average Bonchev–Trinajstić information content (AvgIpc) is 2.97. The number of benzene rings is 1. The molecule has 1 aromatic heterocycles. The van der Waals surface area contributed by atoms with Gasteiger partial charge in [-0.15, -0.1) is 11.3 Å². The summed E-state index contributed by atoms with van der Waals surface area (Å²) in [5.74, 6) is -0.259. The number of para-hydroxylation sites is 1. The van der Waals surface area contributed by atoms with Gasteiger partial charge in [-0.25, -0.2) is 0 Å². The molecule has 0 fully saturated rings. The molecular formula is C15H13F2NO2S. The van der Waals surface area contributed by atoms with Crippen LogP contribution in [0.1, 0.15) is 10.4 Å². The minimum absolute atomic E-state index is 0.0369. The maximum absolute atomic E-state index is 12.3. The highest BCUT2D eigenvalue weighted by atomic mass is 32.1. The molecule has 0 atom stereocenters. The number of thiophene rings is 1. The van der Waals surface area contributed by atoms with Crippen molar-refractivity contribution < 1.29 is 18.3 Å². The fraction of sp³-hybridized carbons (Fsp3) is 0.133. The fourth-order valence-electron chi connectivity index (χ4n) is 1.63. The number of rotatable bonds is 6. The van der Waals surface area contributed by atoms with Gasteiger partial charge < -0.3 is 10.1 Å². The van der Waals surface area contributed by atoms with E-state index in [1.54, 1.807) is 29.5 Å². The third-order valence-corrected chi connectivity index (χ3v) is 3.44. The van der Waals surface area contributed by atoms with Crippen LogP contribution in [-0.4, -0.2) is 12.5 Å². The van der Waals surface area contributed by atoms with E-state index >= 15 is 0 Å². The van der Waals surface area contributed by atoms with Gasteiger partial charge in [0.05, 0.1) is 6.54 Å². The zero-order valence-electron chi connectivity index (χ0n) is 11.0. The summed E-state index contributed by atoms with van der Waals surface area (Å²) in [6, 6.07) is 10.1. The number of halogens is 2. The number of hydrogen-bond donors (Lipinski definition) is 1. The van der Waals surface area contributed by atoms with E-state index < -0.39 is 6.61 Å². The Hall–Kier alpha value is -2.21. The van der Waals surface area contributed by atoms with Gasteiger partial charge in [-0.3, -0.25) is 4.79 Å². The molecule has 2 rings (SSSR count). The second kappa shape index (κ2) is 7.54. The first kappa shape index (κ1) is 15.2. The van der Waals surface area contributed by atoms with Crippen LogP contribution in [0.5, 0.6) is 5.75 Å². The van der Waals surface area contributed by atoms with Gasteiger partial charge in [0.25, 0.3) is 0 Å². The number of ether oxygens (including phenoxy) is 1. The minimum atomic E-state index is -2.90. The number of alkyl halides is 2. The molecule has 0 unspecified atom stereocenters. The predicted octanol–water partition coefficient (Wildman–Crippen LogP) is 3.68. The van der Waals surface area contributed by atoms with Gasteiger partial charge in [-0.1, -0.05) is 24.3 Å². The molecule has 0 radical (unpaired) electrons. The summed E-state index contributed by atoms with van der Waals surface area (Å²) in [6.07, 6.45) is 2.74. The second-order valence-electron chi connectivity index (χ2n) is 4.05. The van der Waals surface area contributed by atoms with Crippen LogP contribution in [0.15, 0.2) is 47.9 Å². The number of carbonyl (C=O) groups is 1. The molecule has 0 aliphatic heterocycles. The van der Waals surface area contributed by atoms with Gasteiger partial charge in [0.2, 0.25) is 5.91 Å². The number of amides is 1. The monoisotopic (exact) mass is 309 g/mol. The van der Waals surface area contributed by atoms with Gasteiger partial charge in [-0.2, -0.15) is 8.78 Å². The SMILES string of the molecule is O=C(/C=C/c1ccccc1OC(F)F)NCc1cccs1. The van der Waals surface area contributed by atoms with Crippen molar-refractivity contribution in [3.63, 3.8) is 0 Å². The van der Waals surface area contributed by atoms with Crippen LogP contribution >= 0.6 is 11.3 Å². The first-order chi connectivity index (χ1) is 10.1. The van der Waals surface area contributed by atoms with E-state index in [-0.39, 0.29) is 11.7 Å². The lowest BCUT2D eigenvalue weighted by molar-refractivity contribution is -0.116. The number of nitrogens with one attached hydrogen (secondary N) is 1. The standard InChI is InChI=1S/C15H13F2NO2S/c16-15(17)20-13-6-2-1-4-11(13)7-8-14(19)18-10-12-5-3-9-21-12/h1-9,15H,10H2,(H,18,19)/b8-7+. The predicted molar refractivity (Wildman–Crippen MR) is 78.3 cm³/mol. The van der Waals surface area contributed by atoms with Crippen LogP contribution in [0.2, 0.25) is 0 Å². The van der Waals surface area contributed by atoms with Gasteiger partial charge in [0.1, 0.15) is 5.75 Å². The smallest absolute Gasteiger partial charge is 0.387 e. The molecular weight excluding hydrogens is 296 g/mol. The highest BCUT2D eigenvalue weighted by molar-refractivity contribution is 7.09. The summed E-state index contributed by atoms with van der Waals surface area (Å²) in [6.45, 7) is -2.46. The fourth-order valence-corrected chi connectivity index (χ4v) is 2.28. The second-order valence-corrected chi connectivity index (χ2v) is 5.08. The number of carbonyl (C=O) groups excluding carboxylic acids is 1. The van der Waals surface area contributed by atoms with Crippen LogP contribution in [0.4, 0.5) is 8.78 Å². The summed E-state index contributed by atoms with van der Waals surface area (Å²) in [5.41, 5.74) is 0.420. The largest absolute Gasteiger partial charge is 0.434 e. The Balaban J connectivity index is 1.95. The first-order valence-electron chi connectivity index (χ1n) is 6.17. The van der Waals surface area contributed by atoms with Crippen LogP contribution in [0, 0.1) is 0 Å². The molecule has 1 N–H and O–H groups in total. The Morgan fingerprint density at radius 1 is 1.29 bits per heavy atom. The van der Waals surface area contributed by atoms with Crippen molar-refractivity contribution in [2.45, 2.75) is 13.2 Å². The lowest BCUT2D eigenvalue weighted by Crippen LogP contribution is -2.19. The Kier molecular flexibility index (Phi) is 5.45. The highest BCUT2D eigenvalue weighted by Crippen LogP contribution is 2.21. The van der Waals surface area contributed by atoms with Crippen LogP contribution in [0.3, 0.4) is 0 Å². The summed E-state index contributed by atoms with van der Waals surface area (Å²) in [5, 5.41) is 4.64. The summed E-state index contributed by atoms with van der Waals surface area (Å²) in [4.78, 5) is 12.7. The third kappa shape index (κ3) is 5.00. The third-order valence-electron chi connectivity index (χ3n) is 2.57. The molecule has 0 aliphatic rings. The molecule has 0 bridgehead atoms. The van der Waals surface area contributed by atoms with Gasteiger partial charge in [0.15, 0.2) is 0 Å². The van der Waals surface area contributed by atoms with Gasteiger partial charge in [0, 0.05) is 16.5 Å². The van der Waals surface area contributed by atoms with Crippen molar-refractivity contribution in [2.75, 3.05) is 0 Å². The summed E-state index contributed by atoms with van der Waals surface area (Å²) >= 11 is 1.55. The average molecular weight is 309 g/mol. The molecule has 0 aliphatic carbocycles. The van der Waals surface area contributed by atoms with Crippen LogP contribution < -0.4 is 10.1 Å². The maximum Gasteiger partial charge on any atom is 0.387 e. The van der Waals surface area contributed by atoms with Crippen LogP contribution in [0.25, 0.3) is 6.08 Å². The van der Waals surface area contributed by atoms with Crippen molar-refractivity contribution in [2.24, 2.45) is 0 Å². The molecule has 1 heterocycles. The van der Waals surface area contributed by atoms with E-state index in [1.807, 2.05) is 17.5 Å². The number of hydrogen-bond acceptors (Lipinski definition) is 3. The van der Waals surface area contributed by atoms with Crippen molar-refractivity contribution in [3.8, 4) is 5.75 Å². The van der Waals surface area contributed by atoms with Crippen molar-refractivity contribution in [1.82, 2.24) is 5.32 Å². The Labute approximate surface area is 124 Å². The van der Waals surface area contributed by atoms with E-state index in [2.05, 4.69) is 10.1 Å². The quantitative estimate of drug-likeness (QED) is 0.827. The Morgan fingerprint density at radius 2 is 2.10 bits per heavy atom. The Morgan fingerprint density at radius 3 is 2.81 bits per heavy atom. The molecule has 21 heavy (non-hydrogen) atoms. The lowest BCUT2D eigenvalue weighted by atomic mass is 10.2. The molecule has 1 aromatic carbocycles. The normalized spacial score (nSPS) is 11.0. The molecule has 0 spiro atoms. The van der Waals surface area contributed by atoms with E-state index in [1.165, 1.54) is 18.2 Å². The Bertz CT molecular complexity index is 612. The molecule has 1 amide bonds. The van der Waals surface area contributed by atoms with Gasteiger partial charge >= 0.3 is 6.61 Å². The summed E-state index contributed by atoms with van der Waals surface area (Å²) in [7, 11) is 0.